The van der Waals surface area contributed by atoms with Gasteiger partial charge >= 0.3 is 0 Å². The van der Waals surface area contributed by atoms with Gasteiger partial charge in [-0.15, -0.1) is 0 Å². The molecule has 2 aromatic carbocycles. The summed E-state index contributed by atoms with van der Waals surface area (Å²) in [5, 5.41) is 2.95. The summed E-state index contributed by atoms with van der Waals surface area (Å²) in [6.45, 7) is 8.16. The van der Waals surface area contributed by atoms with E-state index in [0.29, 0.717) is 13.0 Å². The quantitative estimate of drug-likeness (QED) is 0.494. The van der Waals surface area contributed by atoms with Gasteiger partial charge in [0.05, 0.1) is 4.90 Å². The minimum Gasteiger partial charge on any atom is -0.352 e. The fourth-order valence-electron chi connectivity index (χ4n) is 3.43. The molecular formula is C26H37N3O4S. The Bertz CT molecular complexity index is 1040. The lowest BCUT2D eigenvalue weighted by Gasteiger charge is -2.30. The summed E-state index contributed by atoms with van der Waals surface area (Å²) < 4.78 is 26.7. The number of hydrogen-bond acceptors (Lipinski definition) is 4. The van der Waals surface area contributed by atoms with Crippen molar-refractivity contribution >= 4 is 21.8 Å². The highest BCUT2D eigenvalue weighted by Gasteiger charge is 2.27. The van der Waals surface area contributed by atoms with Gasteiger partial charge < -0.3 is 10.2 Å². The number of nitrogens with zero attached hydrogens (tertiary/aromatic N) is 2. The van der Waals surface area contributed by atoms with Crippen LogP contribution in [0.2, 0.25) is 0 Å². The average Bonchev–Trinajstić information content (AvgIpc) is 2.83. The summed E-state index contributed by atoms with van der Waals surface area (Å²) in [5.74, 6) is -0.378. The lowest BCUT2D eigenvalue weighted by Crippen LogP contribution is -2.49. The van der Waals surface area contributed by atoms with Gasteiger partial charge in [0, 0.05) is 32.6 Å². The third-order valence-corrected chi connectivity index (χ3v) is 7.83. The first kappa shape index (κ1) is 27.5. The molecule has 0 aromatic heterocycles. The van der Waals surface area contributed by atoms with Crippen LogP contribution in [-0.2, 0) is 26.2 Å². The maximum absolute atomic E-state index is 13.2. The van der Waals surface area contributed by atoms with E-state index < -0.39 is 16.1 Å². The summed E-state index contributed by atoms with van der Waals surface area (Å²) in [6, 6.07) is 15.5. The summed E-state index contributed by atoms with van der Waals surface area (Å²) in [7, 11) is -2.10. The van der Waals surface area contributed by atoms with Crippen LogP contribution in [0, 0.1) is 6.92 Å². The van der Waals surface area contributed by atoms with E-state index in [4.69, 9.17) is 0 Å². The molecule has 0 spiro atoms. The van der Waals surface area contributed by atoms with Crippen molar-refractivity contribution in [1.29, 1.82) is 0 Å². The van der Waals surface area contributed by atoms with Gasteiger partial charge in [-0.3, -0.25) is 9.59 Å². The summed E-state index contributed by atoms with van der Waals surface area (Å²) in [6.07, 6.45) is 1.29. The molecule has 8 heteroatoms. The van der Waals surface area contributed by atoms with E-state index >= 15 is 0 Å². The van der Waals surface area contributed by atoms with Crippen LogP contribution in [0.1, 0.15) is 51.2 Å². The van der Waals surface area contributed by atoms with Crippen LogP contribution in [-0.4, -0.2) is 55.1 Å². The van der Waals surface area contributed by atoms with Crippen molar-refractivity contribution in [3.05, 3.63) is 65.7 Å². The Morgan fingerprint density at radius 1 is 1.00 bits per heavy atom. The first-order chi connectivity index (χ1) is 16.1. The Hall–Kier alpha value is -2.71. The molecule has 0 saturated heterocycles. The molecule has 0 bridgehead atoms. The molecule has 34 heavy (non-hydrogen) atoms. The third kappa shape index (κ3) is 7.67. The number of carbonyl (C=O) groups is 2. The Morgan fingerprint density at radius 3 is 2.21 bits per heavy atom. The molecule has 2 atom stereocenters. The largest absolute Gasteiger partial charge is 0.352 e. The van der Waals surface area contributed by atoms with Crippen molar-refractivity contribution in [2.75, 3.05) is 13.6 Å². The fraction of sp³-hybridized carbons (Fsp3) is 0.462. The molecule has 186 valence electrons. The monoisotopic (exact) mass is 487 g/mol. The van der Waals surface area contributed by atoms with E-state index in [9.17, 15) is 18.0 Å². The molecule has 0 radical (unpaired) electrons. The Balaban J connectivity index is 2.08. The number of sulfonamides is 1. The van der Waals surface area contributed by atoms with Gasteiger partial charge in [0.25, 0.3) is 0 Å². The molecule has 2 amide bonds. The number of rotatable bonds is 12. The van der Waals surface area contributed by atoms with Crippen LogP contribution < -0.4 is 5.32 Å². The minimum atomic E-state index is -3.61. The normalized spacial score (nSPS) is 13.4. The topological polar surface area (TPSA) is 86.8 Å². The second-order valence-corrected chi connectivity index (χ2v) is 10.8. The molecule has 0 unspecified atom stereocenters. The molecule has 2 aromatic rings. The van der Waals surface area contributed by atoms with E-state index in [2.05, 4.69) is 5.32 Å². The number of benzene rings is 2. The van der Waals surface area contributed by atoms with Gasteiger partial charge in [0.1, 0.15) is 6.04 Å². The van der Waals surface area contributed by atoms with E-state index in [0.717, 1.165) is 17.5 Å². The SMILES string of the molecule is CC[C@@H](C)NC(=O)[C@H](C)N(Cc1ccc(C)cc1)C(=O)CCCN(C)S(=O)(=O)c1ccccc1. The van der Waals surface area contributed by atoms with Gasteiger partial charge in [-0.1, -0.05) is 55.0 Å². The minimum absolute atomic E-state index is 0.0168. The molecule has 0 aliphatic carbocycles. The van der Waals surface area contributed by atoms with E-state index in [1.165, 1.54) is 11.4 Å². The Morgan fingerprint density at radius 2 is 1.62 bits per heavy atom. The molecule has 7 nitrogen and oxygen atoms in total. The van der Waals surface area contributed by atoms with Crippen molar-refractivity contribution in [2.45, 2.75) is 70.5 Å². The highest BCUT2D eigenvalue weighted by molar-refractivity contribution is 7.89. The number of aryl methyl sites for hydroxylation is 1. The maximum Gasteiger partial charge on any atom is 0.242 e. The lowest BCUT2D eigenvalue weighted by atomic mass is 10.1. The zero-order valence-electron chi connectivity index (χ0n) is 20.8. The van der Waals surface area contributed by atoms with Crippen molar-refractivity contribution in [1.82, 2.24) is 14.5 Å². The molecule has 1 N–H and O–H groups in total. The Kier molecular flexibility index (Phi) is 10.3. The van der Waals surface area contributed by atoms with Gasteiger partial charge in [0.15, 0.2) is 0 Å². The summed E-state index contributed by atoms with van der Waals surface area (Å²) >= 11 is 0. The van der Waals surface area contributed by atoms with E-state index in [1.807, 2.05) is 45.0 Å². The van der Waals surface area contributed by atoms with Gasteiger partial charge in [-0.05, 0) is 51.3 Å². The predicted molar refractivity (Wildman–Crippen MR) is 135 cm³/mol. The van der Waals surface area contributed by atoms with Crippen LogP contribution >= 0.6 is 0 Å². The molecular weight excluding hydrogens is 450 g/mol. The van der Waals surface area contributed by atoms with Crippen LogP contribution in [0.5, 0.6) is 0 Å². The Labute approximate surface area is 204 Å². The smallest absolute Gasteiger partial charge is 0.242 e. The first-order valence-electron chi connectivity index (χ1n) is 11.7. The highest BCUT2D eigenvalue weighted by Crippen LogP contribution is 2.16. The second kappa shape index (κ2) is 12.7. The second-order valence-electron chi connectivity index (χ2n) is 8.74. The van der Waals surface area contributed by atoms with E-state index in [-0.39, 0.29) is 35.7 Å². The molecule has 0 fully saturated rings. The lowest BCUT2D eigenvalue weighted by molar-refractivity contribution is -0.141. The number of amides is 2. The zero-order valence-corrected chi connectivity index (χ0v) is 21.6. The first-order valence-corrected chi connectivity index (χ1v) is 13.2. The van der Waals surface area contributed by atoms with Crippen LogP contribution in [0.3, 0.4) is 0 Å². The fourth-order valence-corrected chi connectivity index (χ4v) is 4.66. The standard InChI is InChI=1S/C26H37N3O4S/c1-6-21(3)27-26(31)22(4)29(19-23-16-14-20(2)15-17-23)25(30)13-10-18-28(5)34(32,33)24-11-8-7-9-12-24/h7-9,11-12,14-17,21-22H,6,10,13,18-19H2,1-5H3,(H,27,31)/t21-,22+/m1/s1. The summed E-state index contributed by atoms with van der Waals surface area (Å²) in [5.41, 5.74) is 2.05. The van der Waals surface area contributed by atoms with Crippen molar-refractivity contribution in [3.8, 4) is 0 Å². The van der Waals surface area contributed by atoms with E-state index in [1.54, 1.807) is 42.2 Å². The average molecular weight is 488 g/mol. The molecule has 0 saturated carbocycles. The highest BCUT2D eigenvalue weighted by atomic mass is 32.2. The third-order valence-electron chi connectivity index (χ3n) is 5.96. The predicted octanol–water partition coefficient (Wildman–Crippen LogP) is 3.73. The van der Waals surface area contributed by atoms with Crippen LogP contribution in [0.4, 0.5) is 0 Å². The molecule has 0 heterocycles. The molecule has 0 aliphatic rings. The van der Waals surface area contributed by atoms with Gasteiger partial charge in [0.2, 0.25) is 21.8 Å². The van der Waals surface area contributed by atoms with Gasteiger partial charge in [-0.25, -0.2) is 12.7 Å². The number of carbonyl (C=O) groups excluding carboxylic acids is 2. The van der Waals surface area contributed by atoms with Crippen LogP contribution in [0.15, 0.2) is 59.5 Å². The number of hydrogen-bond donors (Lipinski definition) is 1. The van der Waals surface area contributed by atoms with Crippen molar-refractivity contribution in [2.24, 2.45) is 0 Å². The zero-order chi connectivity index (χ0) is 25.3. The molecule has 2 rings (SSSR count). The van der Waals surface area contributed by atoms with Gasteiger partial charge in [-0.2, -0.15) is 0 Å². The van der Waals surface area contributed by atoms with Crippen molar-refractivity contribution < 1.29 is 18.0 Å². The summed E-state index contributed by atoms with van der Waals surface area (Å²) in [4.78, 5) is 27.8. The molecule has 0 aliphatic heterocycles. The van der Waals surface area contributed by atoms with Crippen LogP contribution in [0.25, 0.3) is 0 Å². The maximum atomic E-state index is 13.2. The van der Waals surface area contributed by atoms with Crippen molar-refractivity contribution in [3.63, 3.8) is 0 Å². The number of nitrogens with one attached hydrogen (secondary N) is 1.